The van der Waals surface area contributed by atoms with E-state index in [1.807, 2.05) is 33.2 Å². The van der Waals surface area contributed by atoms with Crippen molar-refractivity contribution in [3.05, 3.63) is 58.7 Å². The Morgan fingerprint density at radius 1 is 1.19 bits per heavy atom. The Morgan fingerprint density at radius 3 is 2.56 bits per heavy atom. The van der Waals surface area contributed by atoms with Crippen molar-refractivity contribution < 1.29 is 14.3 Å². The van der Waals surface area contributed by atoms with E-state index in [1.165, 1.54) is 36.0 Å². The number of hydrogen-bond donors (Lipinski definition) is 0. The molecular formula is C30H43N3O3. The van der Waals surface area contributed by atoms with Crippen LogP contribution < -0.4 is 0 Å². The molecule has 0 spiro atoms. The van der Waals surface area contributed by atoms with E-state index >= 15 is 0 Å². The second kappa shape index (κ2) is 13.0. The lowest BCUT2D eigenvalue weighted by atomic mass is 9.78. The number of amides is 1. The maximum absolute atomic E-state index is 12.7. The third kappa shape index (κ3) is 7.89. The van der Waals surface area contributed by atoms with Crippen LogP contribution in [0.1, 0.15) is 100 Å². The SMILES string of the molecule is CCCC/C(=C\c1nccc(C2CCC2)c1C)c1ccc(CN(CCOC)C(=O)OC(C)(C)C)cn1. The van der Waals surface area contributed by atoms with Crippen molar-refractivity contribution in [1.82, 2.24) is 14.9 Å². The first-order valence-corrected chi connectivity index (χ1v) is 13.3. The van der Waals surface area contributed by atoms with E-state index < -0.39 is 5.60 Å². The van der Waals surface area contributed by atoms with Crippen molar-refractivity contribution >= 4 is 17.7 Å². The number of pyridine rings is 2. The van der Waals surface area contributed by atoms with E-state index in [2.05, 4.69) is 38.1 Å². The molecule has 2 heterocycles. The zero-order valence-corrected chi connectivity index (χ0v) is 23.0. The van der Waals surface area contributed by atoms with Gasteiger partial charge in [-0.1, -0.05) is 25.8 Å². The molecule has 0 atom stereocenters. The lowest BCUT2D eigenvalue weighted by molar-refractivity contribution is 0.0183. The lowest BCUT2D eigenvalue weighted by Gasteiger charge is -2.27. The fourth-order valence-electron chi connectivity index (χ4n) is 4.37. The van der Waals surface area contributed by atoms with Gasteiger partial charge in [-0.25, -0.2) is 4.79 Å². The van der Waals surface area contributed by atoms with Gasteiger partial charge in [-0.15, -0.1) is 0 Å². The number of carbonyl (C=O) groups excluding carboxylic acids is 1. The number of aromatic nitrogens is 2. The van der Waals surface area contributed by atoms with Gasteiger partial charge in [0.15, 0.2) is 0 Å². The Kier molecular flexibility index (Phi) is 10.1. The fourth-order valence-corrected chi connectivity index (χ4v) is 4.37. The van der Waals surface area contributed by atoms with Gasteiger partial charge in [0.05, 0.1) is 24.5 Å². The van der Waals surface area contributed by atoms with Crippen molar-refractivity contribution in [1.29, 1.82) is 0 Å². The minimum Gasteiger partial charge on any atom is -0.444 e. The van der Waals surface area contributed by atoms with E-state index in [4.69, 9.17) is 19.4 Å². The average molecular weight is 494 g/mol. The first-order valence-electron chi connectivity index (χ1n) is 13.3. The zero-order valence-electron chi connectivity index (χ0n) is 23.0. The molecule has 36 heavy (non-hydrogen) atoms. The van der Waals surface area contributed by atoms with Crippen molar-refractivity contribution in [3.63, 3.8) is 0 Å². The lowest BCUT2D eigenvalue weighted by Crippen LogP contribution is -2.38. The molecule has 0 aliphatic heterocycles. The number of nitrogens with zero attached hydrogens (tertiary/aromatic N) is 3. The molecule has 2 aromatic heterocycles. The molecule has 1 amide bonds. The summed E-state index contributed by atoms with van der Waals surface area (Å²) < 4.78 is 10.8. The first-order chi connectivity index (χ1) is 17.2. The van der Waals surface area contributed by atoms with Crippen LogP contribution in [0.2, 0.25) is 0 Å². The van der Waals surface area contributed by atoms with Crippen LogP contribution in [0.15, 0.2) is 30.6 Å². The Balaban J connectivity index is 1.81. The molecule has 3 rings (SSSR count). The summed E-state index contributed by atoms with van der Waals surface area (Å²) in [5, 5.41) is 0. The second-order valence-corrected chi connectivity index (χ2v) is 10.8. The molecule has 1 aliphatic rings. The maximum atomic E-state index is 12.7. The topological polar surface area (TPSA) is 64.6 Å². The van der Waals surface area contributed by atoms with Crippen LogP contribution in [0.5, 0.6) is 0 Å². The van der Waals surface area contributed by atoms with Gasteiger partial charge in [0.2, 0.25) is 0 Å². The van der Waals surface area contributed by atoms with Crippen molar-refractivity contribution in [3.8, 4) is 0 Å². The molecule has 6 nitrogen and oxygen atoms in total. The molecule has 2 aromatic rings. The van der Waals surface area contributed by atoms with Crippen molar-refractivity contribution in [2.24, 2.45) is 0 Å². The molecule has 0 bridgehead atoms. The number of carbonyl (C=O) groups is 1. The summed E-state index contributed by atoms with van der Waals surface area (Å²) in [6.07, 6.45) is 12.8. The standard InChI is InChI=1S/C30H43N3O3/c1-7-8-10-25(19-28-22(2)26(15-16-31-28)24-11-9-12-24)27-14-13-23(20-32-27)21-33(17-18-35-6)29(34)36-30(3,4)5/h13-16,19-20,24H,7-12,17-18,21H2,1-6H3/b25-19+. The normalized spacial score (nSPS) is 14.4. The summed E-state index contributed by atoms with van der Waals surface area (Å²) in [4.78, 5) is 23.9. The number of rotatable bonds is 11. The molecule has 1 saturated carbocycles. The van der Waals surface area contributed by atoms with E-state index in [0.29, 0.717) is 25.6 Å². The molecule has 0 N–H and O–H groups in total. The van der Waals surface area contributed by atoms with Crippen LogP contribution in [0, 0.1) is 6.92 Å². The van der Waals surface area contributed by atoms with Crippen LogP contribution in [0.25, 0.3) is 11.6 Å². The summed E-state index contributed by atoms with van der Waals surface area (Å²) >= 11 is 0. The molecule has 0 saturated heterocycles. The van der Waals surface area contributed by atoms with Crippen molar-refractivity contribution in [2.45, 2.75) is 91.2 Å². The highest BCUT2D eigenvalue weighted by Crippen LogP contribution is 2.38. The summed E-state index contributed by atoms with van der Waals surface area (Å²) in [5.74, 6) is 0.683. The molecular weight excluding hydrogens is 450 g/mol. The van der Waals surface area contributed by atoms with Crippen LogP contribution >= 0.6 is 0 Å². The Morgan fingerprint density at radius 2 is 1.97 bits per heavy atom. The number of hydrogen-bond acceptors (Lipinski definition) is 5. The van der Waals surface area contributed by atoms with Gasteiger partial charge in [-0.05, 0) is 99.8 Å². The second-order valence-electron chi connectivity index (χ2n) is 10.8. The molecule has 0 unspecified atom stereocenters. The third-order valence-corrected chi connectivity index (χ3v) is 6.68. The molecule has 0 aromatic carbocycles. The van der Waals surface area contributed by atoms with Gasteiger partial charge in [0, 0.05) is 26.0 Å². The summed E-state index contributed by atoms with van der Waals surface area (Å²) in [5.41, 5.74) is 6.35. The number of allylic oxidation sites excluding steroid dienone is 1. The number of unbranched alkanes of at least 4 members (excludes halogenated alkanes) is 1. The minimum atomic E-state index is -0.550. The summed E-state index contributed by atoms with van der Waals surface area (Å²) in [7, 11) is 1.63. The van der Waals surface area contributed by atoms with E-state index in [1.54, 1.807) is 12.0 Å². The Labute approximate surface area is 217 Å². The van der Waals surface area contributed by atoms with E-state index in [-0.39, 0.29) is 6.09 Å². The molecule has 6 heteroatoms. The van der Waals surface area contributed by atoms with Crippen LogP contribution in [-0.4, -0.2) is 46.8 Å². The highest BCUT2D eigenvalue weighted by atomic mass is 16.6. The van der Waals surface area contributed by atoms with Crippen LogP contribution in [0.3, 0.4) is 0 Å². The molecule has 1 aliphatic carbocycles. The summed E-state index contributed by atoms with van der Waals surface area (Å²) in [6, 6.07) is 6.30. The average Bonchev–Trinajstić information content (AvgIpc) is 2.79. The zero-order chi connectivity index (χ0) is 26.1. The predicted molar refractivity (Wildman–Crippen MR) is 146 cm³/mol. The van der Waals surface area contributed by atoms with Gasteiger partial charge >= 0.3 is 6.09 Å². The van der Waals surface area contributed by atoms with Crippen LogP contribution in [0.4, 0.5) is 4.79 Å². The highest BCUT2D eigenvalue weighted by Gasteiger charge is 2.23. The fraction of sp³-hybridized carbons (Fsp3) is 0.567. The smallest absolute Gasteiger partial charge is 0.410 e. The Hall–Kier alpha value is -2.73. The minimum absolute atomic E-state index is 0.347. The number of methoxy groups -OCH3 is 1. The van der Waals surface area contributed by atoms with Gasteiger partial charge in [-0.2, -0.15) is 0 Å². The monoisotopic (exact) mass is 493 g/mol. The van der Waals surface area contributed by atoms with E-state index in [0.717, 1.165) is 36.2 Å². The largest absolute Gasteiger partial charge is 0.444 e. The first kappa shape index (κ1) is 27.9. The predicted octanol–water partition coefficient (Wildman–Crippen LogP) is 7.17. The van der Waals surface area contributed by atoms with Crippen LogP contribution in [-0.2, 0) is 16.0 Å². The summed E-state index contributed by atoms with van der Waals surface area (Å²) in [6.45, 7) is 11.3. The van der Waals surface area contributed by atoms with Gasteiger partial charge < -0.3 is 14.4 Å². The maximum Gasteiger partial charge on any atom is 0.410 e. The number of ether oxygens (including phenoxy) is 2. The molecule has 1 fully saturated rings. The van der Waals surface area contributed by atoms with Gasteiger partial charge in [-0.3, -0.25) is 9.97 Å². The third-order valence-electron chi connectivity index (χ3n) is 6.68. The van der Waals surface area contributed by atoms with E-state index in [9.17, 15) is 4.79 Å². The van der Waals surface area contributed by atoms with Crippen molar-refractivity contribution in [2.75, 3.05) is 20.3 Å². The molecule has 196 valence electrons. The molecule has 0 radical (unpaired) electrons. The highest BCUT2D eigenvalue weighted by molar-refractivity contribution is 5.80. The Bertz CT molecular complexity index is 1020. The quantitative estimate of drug-likeness (QED) is 0.332. The van der Waals surface area contributed by atoms with Gasteiger partial charge in [0.25, 0.3) is 0 Å². The van der Waals surface area contributed by atoms with Gasteiger partial charge in [0.1, 0.15) is 5.60 Å².